The highest BCUT2D eigenvalue weighted by Gasteiger charge is 2.25. The van der Waals surface area contributed by atoms with Crippen molar-refractivity contribution in [3.8, 4) is 28.0 Å². The second-order valence-electron chi connectivity index (χ2n) is 13.2. The minimum Gasteiger partial charge on any atom is -0.492 e. The highest BCUT2D eigenvalue weighted by molar-refractivity contribution is 6.35. The first kappa shape index (κ1) is 34.0. The third-order valence-corrected chi connectivity index (χ3v) is 9.59. The highest BCUT2D eigenvalue weighted by atomic mass is 19.1. The van der Waals surface area contributed by atoms with Crippen molar-refractivity contribution in [2.45, 2.75) is 6.42 Å². The number of amides is 2. The molecule has 0 radical (unpaired) electrons. The van der Waals surface area contributed by atoms with Gasteiger partial charge in [0, 0.05) is 53.2 Å². The van der Waals surface area contributed by atoms with Crippen LogP contribution in [0, 0.1) is 11.6 Å². The molecule has 3 aliphatic rings. The zero-order chi connectivity index (χ0) is 36.3. The number of hydrogen-bond donors (Lipinski definition) is 3. The normalized spacial score (nSPS) is 15.8. The van der Waals surface area contributed by atoms with Crippen LogP contribution < -0.4 is 15.4 Å². The van der Waals surface area contributed by atoms with Crippen LogP contribution >= 0.6 is 0 Å². The van der Waals surface area contributed by atoms with Gasteiger partial charge >= 0.3 is 0 Å². The van der Waals surface area contributed by atoms with Crippen LogP contribution in [-0.4, -0.2) is 61.2 Å². The number of carbonyl (C=O) groups excluding carboxylic acids is 2. The minimum atomic E-state index is -0.275. The van der Waals surface area contributed by atoms with Crippen molar-refractivity contribution in [1.29, 1.82) is 0 Å². The van der Waals surface area contributed by atoms with E-state index >= 15 is 0 Å². The molecule has 4 heterocycles. The average Bonchev–Trinajstić information content (AvgIpc) is 3.85. The number of halogens is 2. The maximum absolute atomic E-state index is 13.3. The molecule has 3 N–H and O–H groups in total. The van der Waals surface area contributed by atoms with Crippen LogP contribution in [0.3, 0.4) is 0 Å². The number of hydrogen-bond acceptors (Lipinski definition) is 5. The van der Waals surface area contributed by atoms with E-state index in [1.165, 1.54) is 24.3 Å². The molecule has 6 aromatic rings. The molecule has 8 nitrogen and oxygen atoms in total. The number of anilines is 2. The first-order valence-corrected chi connectivity index (χ1v) is 17.5. The number of morpholine rings is 1. The molecule has 0 spiro atoms. The molecule has 53 heavy (non-hydrogen) atoms. The Morgan fingerprint density at radius 3 is 2.09 bits per heavy atom. The molecule has 5 aromatic carbocycles. The average molecular weight is 711 g/mol. The largest absolute Gasteiger partial charge is 0.492 e. The predicted octanol–water partition coefficient (Wildman–Crippen LogP) is 8.17. The van der Waals surface area contributed by atoms with Gasteiger partial charge in [0.1, 0.15) is 24.0 Å². The van der Waals surface area contributed by atoms with Crippen LogP contribution in [-0.2, 0) is 20.7 Å². The van der Waals surface area contributed by atoms with Crippen LogP contribution in [0.4, 0.5) is 20.2 Å². The molecule has 0 saturated carbocycles. The highest BCUT2D eigenvalue weighted by Crippen LogP contribution is 2.37. The first-order valence-electron chi connectivity index (χ1n) is 17.5. The van der Waals surface area contributed by atoms with E-state index < -0.39 is 0 Å². The predicted molar refractivity (Wildman–Crippen MR) is 204 cm³/mol. The number of aromatic amines is 1. The Balaban J connectivity index is 0.000000196. The molecular weight excluding hydrogens is 674 g/mol. The Morgan fingerprint density at radius 1 is 0.717 bits per heavy atom. The molecule has 10 heteroatoms. The summed E-state index contributed by atoms with van der Waals surface area (Å²) in [4.78, 5) is 29.7. The van der Waals surface area contributed by atoms with Gasteiger partial charge in [0.05, 0.1) is 25.2 Å². The Morgan fingerprint density at radius 2 is 1.38 bits per heavy atom. The number of nitrogens with one attached hydrogen (secondary N) is 3. The van der Waals surface area contributed by atoms with E-state index in [4.69, 9.17) is 9.47 Å². The number of rotatable bonds is 7. The minimum absolute atomic E-state index is 0.0243. The van der Waals surface area contributed by atoms with E-state index in [1.54, 1.807) is 24.3 Å². The molecule has 0 atom stereocenters. The molecule has 2 amide bonds. The van der Waals surface area contributed by atoms with Crippen LogP contribution in [0.1, 0.15) is 16.8 Å². The quantitative estimate of drug-likeness (QED) is 0.145. The Labute approximate surface area is 305 Å². The van der Waals surface area contributed by atoms with Gasteiger partial charge in [-0.15, -0.1) is 0 Å². The molecule has 1 fully saturated rings. The summed E-state index contributed by atoms with van der Waals surface area (Å²) in [5, 5.41) is 6.79. The Hall–Kier alpha value is -6.10. The lowest BCUT2D eigenvalue weighted by Crippen LogP contribution is -2.38. The van der Waals surface area contributed by atoms with Gasteiger partial charge in [0.25, 0.3) is 5.91 Å². The molecule has 0 aliphatic carbocycles. The summed E-state index contributed by atoms with van der Waals surface area (Å²) >= 11 is 0. The molecular formula is C43H36F2N4O4. The van der Waals surface area contributed by atoms with E-state index in [-0.39, 0.29) is 23.4 Å². The molecule has 0 unspecified atom stereocenters. The molecule has 1 aromatic heterocycles. The monoisotopic (exact) mass is 710 g/mol. The number of fused-ring (bicyclic) bond motifs is 3. The number of aromatic nitrogens is 1. The fraction of sp³-hybridized carbons (Fsp3) is 0.163. The topological polar surface area (TPSA) is 95.7 Å². The maximum atomic E-state index is 13.3. The first-order chi connectivity index (χ1) is 25.8. The van der Waals surface area contributed by atoms with Crippen LogP contribution in [0.15, 0.2) is 109 Å². The van der Waals surface area contributed by atoms with Crippen molar-refractivity contribution in [2.24, 2.45) is 0 Å². The Kier molecular flexibility index (Phi) is 9.54. The van der Waals surface area contributed by atoms with E-state index in [1.807, 2.05) is 66.7 Å². The second kappa shape index (κ2) is 14.9. The van der Waals surface area contributed by atoms with Gasteiger partial charge in [-0.05, 0) is 94.6 Å². The summed E-state index contributed by atoms with van der Waals surface area (Å²) in [6, 6.07) is 32.3. The summed E-state index contributed by atoms with van der Waals surface area (Å²) in [7, 11) is 0. The van der Waals surface area contributed by atoms with E-state index in [2.05, 4.69) is 20.5 Å². The zero-order valence-electron chi connectivity index (χ0n) is 28.8. The van der Waals surface area contributed by atoms with Gasteiger partial charge in [-0.2, -0.15) is 0 Å². The van der Waals surface area contributed by atoms with Gasteiger partial charge in [-0.1, -0.05) is 48.5 Å². The lowest BCUT2D eigenvalue weighted by atomic mass is 10.00. The van der Waals surface area contributed by atoms with Crippen molar-refractivity contribution in [1.82, 2.24) is 9.88 Å². The third-order valence-electron chi connectivity index (χ3n) is 9.59. The van der Waals surface area contributed by atoms with Crippen LogP contribution in [0.25, 0.3) is 44.8 Å². The summed E-state index contributed by atoms with van der Waals surface area (Å²) in [6.07, 6.45) is 2.32. The molecule has 1 saturated heterocycles. The van der Waals surface area contributed by atoms with Crippen molar-refractivity contribution in [3.63, 3.8) is 0 Å². The second-order valence-corrected chi connectivity index (χ2v) is 13.2. The number of ether oxygens (including phenoxy) is 2. The molecule has 9 rings (SSSR count). The van der Waals surface area contributed by atoms with E-state index in [0.29, 0.717) is 18.6 Å². The van der Waals surface area contributed by atoms with Gasteiger partial charge in [0.15, 0.2) is 0 Å². The number of benzene rings is 5. The van der Waals surface area contributed by atoms with Gasteiger partial charge in [0.2, 0.25) is 5.91 Å². The van der Waals surface area contributed by atoms with Crippen molar-refractivity contribution >= 4 is 45.7 Å². The standard InChI is InChI=1S/C29H26FN3O3.C14H10FNO/c30-22-4-1-19(2-5-22)20-3-7-25-26(29(34)32-28(25)17-20)18-23-15-21-16-24(6-8-27(21)31-23)36-14-11-33-9-12-35-13-10-33;15-12-5-3-9(4-6-12)10-1-2-11-8-14(17)16-13(11)7-10/h1-8,15-18,31H,9-14H2,(H,32,34);1-7H,8H2,(H,16,17). The lowest BCUT2D eigenvalue weighted by molar-refractivity contribution is -0.115. The fourth-order valence-electron chi connectivity index (χ4n) is 6.77. The summed E-state index contributed by atoms with van der Waals surface area (Å²) in [6.45, 7) is 4.97. The van der Waals surface area contributed by atoms with E-state index in [0.717, 1.165) is 99.9 Å². The number of carbonyl (C=O) groups is 2. The summed E-state index contributed by atoms with van der Waals surface area (Å²) in [5.74, 6) is 0.182. The van der Waals surface area contributed by atoms with Crippen molar-refractivity contribution < 1.29 is 27.8 Å². The van der Waals surface area contributed by atoms with Crippen LogP contribution in [0.2, 0.25) is 0 Å². The Bertz CT molecular complexity index is 2350. The summed E-state index contributed by atoms with van der Waals surface area (Å²) in [5.41, 5.74) is 9.62. The SMILES string of the molecule is O=C1Cc2ccc(-c3ccc(F)cc3)cc2N1.O=C1Nc2cc(-c3ccc(F)cc3)ccc2C1=Cc1cc2cc(OCCN3CCOCC3)ccc2[nH]1. The van der Waals surface area contributed by atoms with Crippen LogP contribution in [0.5, 0.6) is 5.75 Å². The molecule has 266 valence electrons. The van der Waals surface area contributed by atoms with Gasteiger partial charge in [-0.3, -0.25) is 14.5 Å². The van der Waals surface area contributed by atoms with Crippen molar-refractivity contribution in [3.05, 3.63) is 138 Å². The van der Waals surface area contributed by atoms with Crippen molar-refractivity contribution in [2.75, 3.05) is 50.1 Å². The zero-order valence-corrected chi connectivity index (χ0v) is 28.8. The number of H-pyrrole nitrogens is 1. The smallest absolute Gasteiger partial charge is 0.256 e. The molecule has 3 aliphatic heterocycles. The van der Waals surface area contributed by atoms with Gasteiger partial charge in [-0.25, -0.2) is 8.78 Å². The maximum Gasteiger partial charge on any atom is 0.256 e. The van der Waals surface area contributed by atoms with E-state index in [9.17, 15) is 18.4 Å². The summed E-state index contributed by atoms with van der Waals surface area (Å²) < 4.78 is 37.5. The van der Waals surface area contributed by atoms with Gasteiger partial charge < -0.3 is 25.1 Å². The fourth-order valence-corrected chi connectivity index (χ4v) is 6.77. The molecule has 0 bridgehead atoms. The lowest BCUT2D eigenvalue weighted by Gasteiger charge is -2.26. The third kappa shape index (κ3) is 7.74. The number of nitrogens with zero attached hydrogens (tertiary/aromatic N) is 1.